The highest BCUT2D eigenvalue weighted by Gasteiger charge is 2.44. The monoisotopic (exact) mass is 140 g/mol. The third-order valence-corrected chi connectivity index (χ3v) is 2.10. The molecule has 2 heteroatoms. The summed E-state index contributed by atoms with van der Waals surface area (Å²) in [6.45, 7) is 5.47. The van der Waals surface area contributed by atoms with Crippen molar-refractivity contribution < 1.29 is 9.59 Å². The summed E-state index contributed by atoms with van der Waals surface area (Å²) in [5.74, 6) is -0.437. The van der Waals surface area contributed by atoms with Gasteiger partial charge in [0.05, 0.1) is 0 Å². The van der Waals surface area contributed by atoms with Gasteiger partial charge >= 0.3 is 0 Å². The van der Waals surface area contributed by atoms with Gasteiger partial charge in [-0.2, -0.15) is 0 Å². The van der Waals surface area contributed by atoms with E-state index in [1.807, 2.05) is 20.8 Å². The summed E-state index contributed by atoms with van der Waals surface area (Å²) in [6, 6.07) is 0. The first-order chi connectivity index (χ1) is 4.45. The number of ketones is 2. The predicted molar refractivity (Wildman–Crippen MR) is 37.6 cm³/mol. The topological polar surface area (TPSA) is 34.1 Å². The van der Waals surface area contributed by atoms with Crippen LogP contribution in [0.4, 0.5) is 0 Å². The smallest absolute Gasteiger partial charge is 0.204 e. The highest BCUT2D eigenvalue weighted by molar-refractivity contribution is 6.41. The Balaban J connectivity index is 2.92. The van der Waals surface area contributed by atoms with Crippen LogP contribution in [0, 0.1) is 11.3 Å². The van der Waals surface area contributed by atoms with Crippen molar-refractivity contribution in [3.8, 4) is 0 Å². The lowest BCUT2D eigenvalue weighted by Gasteiger charge is -2.11. The maximum atomic E-state index is 11.1. The van der Waals surface area contributed by atoms with Gasteiger partial charge in [-0.1, -0.05) is 20.8 Å². The minimum absolute atomic E-state index is 0.0532. The Morgan fingerprint density at radius 3 is 2.00 bits per heavy atom. The van der Waals surface area contributed by atoms with Crippen LogP contribution in [0.5, 0.6) is 0 Å². The lowest BCUT2D eigenvalue weighted by molar-refractivity contribution is -0.138. The van der Waals surface area contributed by atoms with E-state index in [0.717, 1.165) is 0 Å². The fraction of sp³-hybridized carbons (Fsp3) is 0.750. The summed E-state index contributed by atoms with van der Waals surface area (Å²) in [4.78, 5) is 22.1. The quantitative estimate of drug-likeness (QED) is 0.474. The molecule has 1 rings (SSSR count). The van der Waals surface area contributed by atoms with Gasteiger partial charge in [0.1, 0.15) is 0 Å². The Morgan fingerprint density at radius 2 is 1.90 bits per heavy atom. The van der Waals surface area contributed by atoms with Crippen molar-refractivity contribution in [1.29, 1.82) is 0 Å². The van der Waals surface area contributed by atoms with Gasteiger partial charge in [0, 0.05) is 11.3 Å². The van der Waals surface area contributed by atoms with Crippen LogP contribution in [0.3, 0.4) is 0 Å². The average molecular weight is 140 g/mol. The zero-order valence-electron chi connectivity index (χ0n) is 6.60. The Bertz CT molecular complexity index is 191. The van der Waals surface area contributed by atoms with Gasteiger partial charge in [-0.05, 0) is 6.42 Å². The number of hydrogen-bond donors (Lipinski definition) is 0. The zero-order valence-corrected chi connectivity index (χ0v) is 6.60. The van der Waals surface area contributed by atoms with Gasteiger partial charge in [-0.3, -0.25) is 9.59 Å². The molecule has 56 valence electrons. The molecular weight excluding hydrogens is 128 g/mol. The Kier molecular flexibility index (Phi) is 1.42. The van der Waals surface area contributed by atoms with Crippen molar-refractivity contribution in [2.24, 2.45) is 11.3 Å². The van der Waals surface area contributed by atoms with Crippen molar-refractivity contribution in [3.05, 3.63) is 0 Å². The van der Waals surface area contributed by atoms with Crippen LogP contribution in [0.2, 0.25) is 0 Å². The molecule has 10 heavy (non-hydrogen) atoms. The van der Waals surface area contributed by atoms with Crippen LogP contribution in [-0.2, 0) is 9.59 Å². The molecule has 0 aromatic rings. The van der Waals surface area contributed by atoms with Crippen LogP contribution in [0.1, 0.15) is 27.2 Å². The van der Waals surface area contributed by atoms with E-state index in [1.54, 1.807) is 0 Å². The molecule has 1 unspecified atom stereocenters. The van der Waals surface area contributed by atoms with Gasteiger partial charge in [-0.15, -0.1) is 0 Å². The van der Waals surface area contributed by atoms with Crippen molar-refractivity contribution in [1.82, 2.24) is 0 Å². The molecule has 0 spiro atoms. The highest BCUT2D eigenvalue weighted by atomic mass is 16.2. The van der Waals surface area contributed by atoms with Crippen LogP contribution >= 0.6 is 0 Å². The largest absolute Gasteiger partial charge is 0.291 e. The van der Waals surface area contributed by atoms with Gasteiger partial charge in [0.25, 0.3) is 0 Å². The molecule has 0 aromatic carbocycles. The van der Waals surface area contributed by atoms with Gasteiger partial charge < -0.3 is 0 Å². The fourth-order valence-electron chi connectivity index (χ4n) is 1.51. The maximum absolute atomic E-state index is 11.1. The molecular formula is C8H12O2. The number of Topliss-reactive ketones (excluding diaryl/α,β-unsaturated/α-hetero) is 2. The van der Waals surface area contributed by atoms with Crippen molar-refractivity contribution >= 4 is 11.6 Å². The Hall–Kier alpha value is -0.660. The molecule has 0 bridgehead atoms. The van der Waals surface area contributed by atoms with Crippen LogP contribution in [-0.4, -0.2) is 11.6 Å². The molecule has 1 aliphatic carbocycles. The van der Waals surface area contributed by atoms with Gasteiger partial charge in [0.15, 0.2) is 0 Å². The molecule has 0 radical (unpaired) electrons. The van der Waals surface area contributed by atoms with Crippen molar-refractivity contribution in [2.45, 2.75) is 27.2 Å². The first-order valence-electron chi connectivity index (χ1n) is 3.54. The Morgan fingerprint density at radius 1 is 1.40 bits per heavy atom. The fourth-order valence-corrected chi connectivity index (χ4v) is 1.51. The van der Waals surface area contributed by atoms with E-state index >= 15 is 0 Å². The molecule has 0 saturated heterocycles. The van der Waals surface area contributed by atoms with E-state index in [4.69, 9.17) is 0 Å². The third kappa shape index (κ3) is 0.877. The molecule has 2 nitrogen and oxygen atoms in total. The molecule has 0 heterocycles. The predicted octanol–water partition coefficient (Wildman–Crippen LogP) is 1.19. The Labute approximate surface area is 60.6 Å². The maximum Gasteiger partial charge on any atom is 0.204 e. The van der Waals surface area contributed by atoms with E-state index in [2.05, 4.69) is 0 Å². The number of carbonyl (C=O) groups is 2. The summed E-state index contributed by atoms with van der Waals surface area (Å²) in [7, 11) is 0. The number of rotatable bonds is 0. The minimum atomic E-state index is -0.392. The molecule has 0 aliphatic heterocycles. The molecule has 0 amide bonds. The van der Waals surface area contributed by atoms with Crippen molar-refractivity contribution in [3.63, 3.8) is 0 Å². The van der Waals surface area contributed by atoms with E-state index in [0.29, 0.717) is 6.42 Å². The highest BCUT2D eigenvalue weighted by Crippen LogP contribution is 2.34. The summed E-state index contributed by atoms with van der Waals surface area (Å²) < 4.78 is 0. The van der Waals surface area contributed by atoms with Crippen LogP contribution < -0.4 is 0 Å². The zero-order chi connectivity index (χ0) is 7.94. The summed E-state index contributed by atoms with van der Waals surface area (Å²) in [5.41, 5.74) is -0.392. The molecule has 0 aromatic heterocycles. The van der Waals surface area contributed by atoms with E-state index in [9.17, 15) is 9.59 Å². The van der Waals surface area contributed by atoms with Crippen molar-refractivity contribution in [2.75, 3.05) is 0 Å². The standard InChI is InChI=1S/C8H12O2/c1-5-4-8(2,3)7(10)6(5)9/h5H,4H2,1-3H3. The first kappa shape index (κ1) is 7.45. The second-order valence-electron chi connectivity index (χ2n) is 3.68. The molecule has 1 fully saturated rings. The van der Waals surface area contributed by atoms with E-state index in [1.165, 1.54) is 0 Å². The summed E-state index contributed by atoms with van der Waals surface area (Å²) in [6.07, 6.45) is 0.713. The van der Waals surface area contributed by atoms with Gasteiger partial charge in [0.2, 0.25) is 11.6 Å². The summed E-state index contributed by atoms with van der Waals surface area (Å²) in [5, 5.41) is 0. The van der Waals surface area contributed by atoms with Crippen LogP contribution in [0.25, 0.3) is 0 Å². The lowest BCUT2D eigenvalue weighted by Crippen LogP contribution is -2.21. The van der Waals surface area contributed by atoms with E-state index < -0.39 is 5.41 Å². The molecule has 0 N–H and O–H groups in total. The van der Waals surface area contributed by atoms with E-state index in [-0.39, 0.29) is 17.5 Å². The third-order valence-electron chi connectivity index (χ3n) is 2.10. The average Bonchev–Trinajstić information content (AvgIpc) is 1.95. The second-order valence-corrected chi connectivity index (χ2v) is 3.68. The summed E-state index contributed by atoms with van der Waals surface area (Å²) >= 11 is 0. The normalized spacial score (nSPS) is 31.3. The number of hydrogen-bond acceptors (Lipinski definition) is 2. The second kappa shape index (κ2) is 1.91. The first-order valence-corrected chi connectivity index (χ1v) is 3.54. The molecule has 1 saturated carbocycles. The molecule has 1 atom stereocenters. The van der Waals surface area contributed by atoms with Crippen LogP contribution in [0.15, 0.2) is 0 Å². The minimum Gasteiger partial charge on any atom is -0.291 e. The lowest BCUT2D eigenvalue weighted by atomic mass is 9.90. The SMILES string of the molecule is CC1CC(C)(C)C(=O)C1=O. The number of carbonyl (C=O) groups excluding carboxylic acids is 2. The van der Waals surface area contributed by atoms with Gasteiger partial charge in [-0.25, -0.2) is 0 Å². The molecule has 1 aliphatic rings.